The molecule has 1 N–H and O–H groups in total. The van der Waals surface area contributed by atoms with Gasteiger partial charge in [-0.2, -0.15) is 0 Å². The highest BCUT2D eigenvalue weighted by Gasteiger charge is 2.14. The molecule has 0 saturated heterocycles. The number of hydrogen-bond donors (Lipinski definition) is 1. The topological polar surface area (TPSA) is 73.5 Å². The maximum atomic E-state index is 12.8. The summed E-state index contributed by atoms with van der Waals surface area (Å²) in [6.45, 7) is 3.79. The molecule has 1 aromatic heterocycles. The van der Waals surface area contributed by atoms with Crippen LogP contribution >= 0.6 is 11.6 Å². The van der Waals surface area contributed by atoms with Crippen molar-refractivity contribution in [2.75, 3.05) is 6.61 Å². The number of benzene rings is 2. The summed E-state index contributed by atoms with van der Waals surface area (Å²) in [5.74, 6) is -0.0295. The van der Waals surface area contributed by atoms with Crippen molar-refractivity contribution in [3.05, 3.63) is 87.1 Å². The number of aromatic nitrogens is 2. The van der Waals surface area contributed by atoms with Crippen LogP contribution in [0.1, 0.15) is 28.5 Å². The van der Waals surface area contributed by atoms with E-state index >= 15 is 0 Å². The normalized spacial score (nSPS) is 12.1. The number of carbonyl (C=O) groups is 1. The second-order valence-corrected chi connectivity index (χ2v) is 7.31. The van der Waals surface area contributed by atoms with Crippen LogP contribution in [0.2, 0.25) is 5.02 Å². The van der Waals surface area contributed by atoms with Gasteiger partial charge in [-0.3, -0.25) is 13.9 Å². The smallest absolute Gasteiger partial charge is 0.333 e. The number of rotatable bonds is 8. The SMILES string of the molecule is CC(=O)c1ccc(-n2c(C)cn(CC(O)COCc3ccccc3Cl)c2=O)cc1. The van der Waals surface area contributed by atoms with E-state index in [9.17, 15) is 14.7 Å². The van der Waals surface area contributed by atoms with Crippen LogP contribution in [0.4, 0.5) is 0 Å². The fraction of sp³-hybridized carbons (Fsp3) is 0.273. The van der Waals surface area contributed by atoms with Crippen molar-refractivity contribution in [2.45, 2.75) is 33.1 Å². The molecular formula is C22H23ClN2O4. The molecule has 0 bridgehead atoms. The standard InChI is InChI=1S/C22H23ClN2O4/c1-15-11-24(12-20(27)14-29-13-18-5-3-4-6-21(18)23)22(28)25(15)19-9-7-17(8-10-19)16(2)26/h3-11,20,27H,12-14H2,1-2H3. The van der Waals surface area contributed by atoms with E-state index in [0.29, 0.717) is 16.3 Å². The maximum absolute atomic E-state index is 12.8. The molecule has 0 aliphatic carbocycles. The molecule has 3 aromatic rings. The van der Waals surface area contributed by atoms with E-state index in [4.69, 9.17) is 16.3 Å². The third-order valence-corrected chi connectivity index (χ3v) is 4.97. The molecule has 29 heavy (non-hydrogen) atoms. The number of aliphatic hydroxyl groups is 1. The first-order valence-electron chi connectivity index (χ1n) is 9.26. The fourth-order valence-corrected chi connectivity index (χ4v) is 3.30. The Morgan fingerprint density at radius 2 is 1.86 bits per heavy atom. The molecular weight excluding hydrogens is 392 g/mol. The Balaban J connectivity index is 1.65. The van der Waals surface area contributed by atoms with Crippen molar-refractivity contribution >= 4 is 17.4 Å². The molecule has 0 radical (unpaired) electrons. The molecule has 0 saturated carbocycles. The molecule has 0 fully saturated rings. The van der Waals surface area contributed by atoms with Crippen LogP contribution in [-0.4, -0.2) is 32.7 Å². The summed E-state index contributed by atoms with van der Waals surface area (Å²) in [7, 11) is 0. The second kappa shape index (κ2) is 9.22. The lowest BCUT2D eigenvalue weighted by atomic mass is 10.1. The third kappa shape index (κ3) is 5.03. The minimum absolute atomic E-state index is 0.0295. The van der Waals surface area contributed by atoms with Gasteiger partial charge in [0, 0.05) is 22.5 Å². The zero-order valence-electron chi connectivity index (χ0n) is 16.3. The predicted molar refractivity (Wildman–Crippen MR) is 112 cm³/mol. The van der Waals surface area contributed by atoms with Gasteiger partial charge in [-0.05, 0) is 49.7 Å². The average Bonchev–Trinajstić information content (AvgIpc) is 2.96. The molecule has 1 heterocycles. The minimum Gasteiger partial charge on any atom is -0.389 e. The Bertz CT molecular complexity index is 1050. The van der Waals surface area contributed by atoms with E-state index in [1.807, 2.05) is 25.1 Å². The highest BCUT2D eigenvalue weighted by molar-refractivity contribution is 6.31. The van der Waals surface area contributed by atoms with Crippen LogP contribution < -0.4 is 5.69 Å². The average molecular weight is 415 g/mol. The number of carbonyl (C=O) groups excluding carboxylic acids is 1. The Labute approximate surface area is 173 Å². The number of aryl methyl sites for hydroxylation is 1. The first-order valence-corrected chi connectivity index (χ1v) is 9.64. The highest BCUT2D eigenvalue weighted by atomic mass is 35.5. The zero-order valence-corrected chi connectivity index (χ0v) is 17.1. The molecule has 0 aliphatic heterocycles. The number of nitrogens with zero attached hydrogens (tertiary/aromatic N) is 2. The summed E-state index contributed by atoms with van der Waals surface area (Å²) in [6.07, 6.45) is 0.851. The lowest BCUT2D eigenvalue weighted by Crippen LogP contribution is -2.30. The van der Waals surface area contributed by atoms with Crippen LogP contribution in [0.15, 0.2) is 59.5 Å². The van der Waals surface area contributed by atoms with Crippen LogP contribution in [0.25, 0.3) is 5.69 Å². The second-order valence-electron chi connectivity index (χ2n) is 6.90. The van der Waals surface area contributed by atoms with Crippen molar-refractivity contribution < 1.29 is 14.6 Å². The number of aliphatic hydroxyl groups excluding tert-OH is 1. The molecule has 7 heteroatoms. The number of Topliss-reactive ketones (excluding diaryl/α,β-unsaturated/α-hetero) is 1. The van der Waals surface area contributed by atoms with Crippen LogP contribution in [0.3, 0.4) is 0 Å². The van der Waals surface area contributed by atoms with Crippen LogP contribution in [-0.2, 0) is 17.9 Å². The van der Waals surface area contributed by atoms with Crippen molar-refractivity contribution in [2.24, 2.45) is 0 Å². The van der Waals surface area contributed by atoms with Crippen LogP contribution in [0.5, 0.6) is 0 Å². The highest BCUT2D eigenvalue weighted by Crippen LogP contribution is 2.16. The van der Waals surface area contributed by atoms with Gasteiger partial charge in [0.05, 0.1) is 31.5 Å². The van der Waals surface area contributed by atoms with Gasteiger partial charge in [0.25, 0.3) is 0 Å². The molecule has 152 valence electrons. The molecule has 0 amide bonds. The molecule has 3 rings (SSSR count). The van der Waals surface area contributed by atoms with Crippen molar-refractivity contribution in [1.82, 2.24) is 9.13 Å². The maximum Gasteiger partial charge on any atom is 0.333 e. The number of ether oxygens (including phenoxy) is 1. The van der Waals surface area contributed by atoms with E-state index in [2.05, 4.69) is 0 Å². The Kier molecular flexibility index (Phi) is 6.69. The fourth-order valence-electron chi connectivity index (χ4n) is 3.11. The van der Waals surface area contributed by atoms with Gasteiger partial charge in [0.2, 0.25) is 0 Å². The van der Waals surface area contributed by atoms with E-state index in [1.165, 1.54) is 11.5 Å². The Morgan fingerprint density at radius 1 is 1.17 bits per heavy atom. The number of hydrogen-bond acceptors (Lipinski definition) is 4. The summed E-state index contributed by atoms with van der Waals surface area (Å²) < 4.78 is 8.54. The minimum atomic E-state index is -0.842. The number of halogens is 1. The monoisotopic (exact) mass is 414 g/mol. The van der Waals surface area contributed by atoms with Crippen LogP contribution in [0, 0.1) is 6.92 Å². The van der Waals surface area contributed by atoms with Gasteiger partial charge in [-0.25, -0.2) is 4.79 Å². The van der Waals surface area contributed by atoms with Gasteiger partial charge in [-0.15, -0.1) is 0 Å². The van der Waals surface area contributed by atoms with E-state index in [1.54, 1.807) is 41.1 Å². The Morgan fingerprint density at radius 3 is 2.52 bits per heavy atom. The molecule has 1 unspecified atom stereocenters. The van der Waals surface area contributed by atoms with Gasteiger partial charge < -0.3 is 9.84 Å². The van der Waals surface area contributed by atoms with Gasteiger partial charge in [0.15, 0.2) is 5.78 Å². The molecule has 1 atom stereocenters. The largest absolute Gasteiger partial charge is 0.389 e. The summed E-state index contributed by atoms with van der Waals surface area (Å²) in [5.41, 5.74) is 2.57. The van der Waals surface area contributed by atoms with Gasteiger partial charge >= 0.3 is 5.69 Å². The first-order chi connectivity index (χ1) is 13.9. The molecule has 0 aliphatic rings. The van der Waals surface area contributed by atoms with E-state index in [0.717, 1.165) is 11.3 Å². The first kappa shape index (κ1) is 21.0. The summed E-state index contributed by atoms with van der Waals surface area (Å²) in [6, 6.07) is 14.2. The van der Waals surface area contributed by atoms with Gasteiger partial charge in [0.1, 0.15) is 0 Å². The van der Waals surface area contributed by atoms with Crippen molar-refractivity contribution in [1.29, 1.82) is 0 Å². The number of imidazole rings is 1. The summed E-state index contributed by atoms with van der Waals surface area (Å²) in [5, 5.41) is 10.9. The van der Waals surface area contributed by atoms with E-state index in [-0.39, 0.29) is 31.2 Å². The summed E-state index contributed by atoms with van der Waals surface area (Å²) in [4.78, 5) is 24.2. The summed E-state index contributed by atoms with van der Waals surface area (Å²) >= 11 is 6.09. The zero-order chi connectivity index (χ0) is 21.0. The molecule has 2 aromatic carbocycles. The van der Waals surface area contributed by atoms with Crippen molar-refractivity contribution in [3.63, 3.8) is 0 Å². The molecule has 0 spiro atoms. The quantitative estimate of drug-likeness (QED) is 0.573. The van der Waals surface area contributed by atoms with Crippen molar-refractivity contribution in [3.8, 4) is 5.69 Å². The lowest BCUT2D eigenvalue weighted by molar-refractivity contribution is 0.0199. The Hall–Kier alpha value is -2.67. The lowest BCUT2D eigenvalue weighted by Gasteiger charge is -2.12. The predicted octanol–water partition coefficient (Wildman–Crippen LogP) is 3.38. The van der Waals surface area contributed by atoms with Gasteiger partial charge in [-0.1, -0.05) is 29.8 Å². The van der Waals surface area contributed by atoms with E-state index < -0.39 is 6.10 Å². The third-order valence-electron chi connectivity index (χ3n) is 4.60. The number of ketones is 1. The molecule has 6 nitrogen and oxygen atoms in total.